The summed E-state index contributed by atoms with van der Waals surface area (Å²) in [5.41, 5.74) is 1.69. The molecule has 3 nitrogen and oxygen atoms in total. The van der Waals surface area contributed by atoms with Crippen LogP contribution in [-0.2, 0) is 0 Å². The molecule has 0 spiro atoms. The monoisotopic (exact) mass is 371 g/mol. The number of hydrogen-bond acceptors (Lipinski definition) is 3. The molecule has 0 aliphatic heterocycles. The van der Waals surface area contributed by atoms with Crippen LogP contribution in [-0.4, -0.2) is 16.5 Å². The Hall–Kier alpha value is -1.24. The van der Waals surface area contributed by atoms with Gasteiger partial charge in [0.05, 0.1) is 3.57 Å². The van der Waals surface area contributed by atoms with Gasteiger partial charge in [0, 0.05) is 18.3 Å². The molecule has 19 heavy (non-hydrogen) atoms. The fourth-order valence-electron chi connectivity index (χ4n) is 1.74. The van der Waals surface area contributed by atoms with E-state index in [4.69, 9.17) is 0 Å². The first-order valence-electron chi connectivity index (χ1n) is 6.14. The summed E-state index contributed by atoms with van der Waals surface area (Å²) >= 11 is 2.20. The molecule has 0 aliphatic carbocycles. The number of benzene rings is 1. The van der Waals surface area contributed by atoms with Crippen LogP contribution in [0.3, 0.4) is 0 Å². The zero-order valence-electron chi connectivity index (χ0n) is 10.9. The average molecular weight is 371 g/mol. The standard InChI is InChI=1S/C14H15FIN3/c1-3-6-17-14-12(16)8-18-13(19-14)11-5-4-10(15)7-9(11)2/h4-5,7-8H,3,6H2,1-2H3,(H,17,18,19). The molecular weight excluding hydrogens is 356 g/mol. The molecular formula is C14H15FIN3. The molecule has 0 unspecified atom stereocenters. The van der Waals surface area contributed by atoms with Crippen molar-refractivity contribution in [1.82, 2.24) is 9.97 Å². The summed E-state index contributed by atoms with van der Waals surface area (Å²) in [6, 6.07) is 4.65. The van der Waals surface area contributed by atoms with Gasteiger partial charge in [-0.05, 0) is 59.7 Å². The zero-order chi connectivity index (χ0) is 13.8. The van der Waals surface area contributed by atoms with Crippen molar-refractivity contribution in [3.63, 3.8) is 0 Å². The highest BCUT2D eigenvalue weighted by Gasteiger charge is 2.09. The fourth-order valence-corrected chi connectivity index (χ4v) is 2.19. The highest BCUT2D eigenvalue weighted by molar-refractivity contribution is 14.1. The summed E-state index contributed by atoms with van der Waals surface area (Å²) in [6.45, 7) is 4.83. The van der Waals surface area contributed by atoms with Crippen molar-refractivity contribution in [3.05, 3.63) is 39.3 Å². The van der Waals surface area contributed by atoms with Crippen LogP contribution in [0.25, 0.3) is 11.4 Å². The van der Waals surface area contributed by atoms with E-state index in [1.165, 1.54) is 12.1 Å². The summed E-state index contributed by atoms with van der Waals surface area (Å²) < 4.78 is 14.1. The van der Waals surface area contributed by atoms with Gasteiger partial charge in [-0.15, -0.1) is 0 Å². The summed E-state index contributed by atoms with van der Waals surface area (Å²) in [7, 11) is 0. The predicted octanol–water partition coefficient (Wildman–Crippen LogP) is 4.02. The van der Waals surface area contributed by atoms with Gasteiger partial charge < -0.3 is 5.32 Å². The Morgan fingerprint density at radius 3 is 2.84 bits per heavy atom. The molecule has 0 saturated heterocycles. The molecule has 0 aliphatic rings. The number of rotatable bonds is 4. The Morgan fingerprint density at radius 1 is 1.37 bits per heavy atom. The van der Waals surface area contributed by atoms with Crippen molar-refractivity contribution < 1.29 is 4.39 Å². The largest absolute Gasteiger partial charge is 0.369 e. The third kappa shape index (κ3) is 3.40. The van der Waals surface area contributed by atoms with Gasteiger partial charge in [-0.2, -0.15) is 0 Å². The first kappa shape index (κ1) is 14.2. The number of hydrogen-bond donors (Lipinski definition) is 1. The third-order valence-electron chi connectivity index (χ3n) is 2.72. The van der Waals surface area contributed by atoms with Gasteiger partial charge in [-0.3, -0.25) is 0 Å². The molecule has 2 aromatic rings. The second kappa shape index (κ2) is 6.27. The topological polar surface area (TPSA) is 37.8 Å². The normalized spacial score (nSPS) is 10.5. The minimum Gasteiger partial charge on any atom is -0.369 e. The molecule has 0 amide bonds. The van der Waals surface area contributed by atoms with Gasteiger partial charge in [0.1, 0.15) is 11.6 Å². The first-order chi connectivity index (χ1) is 9.11. The molecule has 0 radical (unpaired) electrons. The Balaban J connectivity index is 2.39. The van der Waals surface area contributed by atoms with E-state index in [1.807, 2.05) is 6.92 Å². The van der Waals surface area contributed by atoms with Crippen molar-refractivity contribution in [2.45, 2.75) is 20.3 Å². The SMILES string of the molecule is CCCNc1nc(-c2ccc(F)cc2C)ncc1I. The minimum absolute atomic E-state index is 0.240. The lowest BCUT2D eigenvalue weighted by atomic mass is 10.1. The summed E-state index contributed by atoms with van der Waals surface area (Å²) in [5.74, 6) is 1.21. The van der Waals surface area contributed by atoms with Crippen LogP contribution in [0.5, 0.6) is 0 Å². The maximum Gasteiger partial charge on any atom is 0.161 e. The second-order valence-electron chi connectivity index (χ2n) is 4.28. The Morgan fingerprint density at radius 2 is 2.16 bits per heavy atom. The van der Waals surface area contributed by atoms with Gasteiger partial charge in [-0.25, -0.2) is 14.4 Å². The van der Waals surface area contributed by atoms with Crippen molar-refractivity contribution >= 4 is 28.4 Å². The van der Waals surface area contributed by atoms with E-state index in [0.29, 0.717) is 5.82 Å². The Bertz CT molecular complexity index is 587. The lowest BCUT2D eigenvalue weighted by Crippen LogP contribution is -2.06. The number of nitrogens with zero attached hydrogens (tertiary/aromatic N) is 2. The van der Waals surface area contributed by atoms with Gasteiger partial charge in [0.25, 0.3) is 0 Å². The second-order valence-corrected chi connectivity index (χ2v) is 5.44. The molecule has 2 rings (SSSR count). The molecule has 1 aromatic carbocycles. The van der Waals surface area contributed by atoms with E-state index in [-0.39, 0.29) is 5.82 Å². The van der Waals surface area contributed by atoms with Crippen LogP contribution in [0.15, 0.2) is 24.4 Å². The maximum absolute atomic E-state index is 13.1. The minimum atomic E-state index is -0.240. The molecule has 1 heterocycles. The smallest absolute Gasteiger partial charge is 0.161 e. The number of halogens is 2. The van der Waals surface area contributed by atoms with Crippen molar-refractivity contribution in [2.75, 3.05) is 11.9 Å². The van der Waals surface area contributed by atoms with Gasteiger partial charge >= 0.3 is 0 Å². The van der Waals surface area contributed by atoms with Gasteiger partial charge in [-0.1, -0.05) is 6.92 Å². The third-order valence-corrected chi connectivity index (χ3v) is 3.51. The van der Waals surface area contributed by atoms with Crippen molar-refractivity contribution in [1.29, 1.82) is 0 Å². The molecule has 0 fully saturated rings. The zero-order valence-corrected chi connectivity index (χ0v) is 13.0. The molecule has 0 atom stereocenters. The van der Waals surface area contributed by atoms with Gasteiger partial charge in [0.15, 0.2) is 5.82 Å². The van der Waals surface area contributed by atoms with Crippen LogP contribution < -0.4 is 5.32 Å². The highest BCUT2D eigenvalue weighted by atomic mass is 127. The first-order valence-corrected chi connectivity index (χ1v) is 7.22. The van der Waals surface area contributed by atoms with E-state index in [9.17, 15) is 4.39 Å². The highest BCUT2D eigenvalue weighted by Crippen LogP contribution is 2.23. The molecule has 100 valence electrons. The predicted molar refractivity (Wildman–Crippen MR) is 83.7 cm³/mol. The van der Waals surface area contributed by atoms with E-state index in [0.717, 1.165) is 33.5 Å². The molecule has 1 N–H and O–H groups in total. The van der Waals surface area contributed by atoms with E-state index >= 15 is 0 Å². The Labute approximate surface area is 125 Å². The Kier molecular flexibility index (Phi) is 4.68. The summed E-state index contributed by atoms with van der Waals surface area (Å²) in [4.78, 5) is 8.85. The lowest BCUT2D eigenvalue weighted by Gasteiger charge is -2.09. The number of anilines is 1. The van der Waals surface area contributed by atoms with E-state index in [1.54, 1.807) is 12.3 Å². The quantitative estimate of drug-likeness (QED) is 0.826. The van der Waals surface area contributed by atoms with Gasteiger partial charge in [0.2, 0.25) is 0 Å². The molecule has 0 saturated carbocycles. The average Bonchev–Trinajstić information content (AvgIpc) is 2.38. The number of aromatic nitrogens is 2. The maximum atomic E-state index is 13.1. The van der Waals surface area contributed by atoms with E-state index in [2.05, 4.69) is 44.8 Å². The molecule has 1 aromatic heterocycles. The number of nitrogens with one attached hydrogen (secondary N) is 1. The van der Waals surface area contributed by atoms with Crippen LogP contribution in [0.4, 0.5) is 10.2 Å². The van der Waals surface area contributed by atoms with Crippen molar-refractivity contribution in [3.8, 4) is 11.4 Å². The fraction of sp³-hybridized carbons (Fsp3) is 0.286. The van der Waals surface area contributed by atoms with Crippen LogP contribution in [0.2, 0.25) is 0 Å². The van der Waals surface area contributed by atoms with Crippen LogP contribution >= 0.6 is 22.6 Å². The lowest BCUT2D eigenvalue weighted by molar-refractivity contribution is 0.627. The summed E-state index contributed by atoms with van der Waals surface area (Å²) in [6.07, 6.45) is 2.81. The van der Waals surface area contributed by atoms with Crippen molar-refractivity contribution in [2.24, 2.45) is 0 Å². The molecule has 0 bridgehead atoms. The summed E-state index contributed by atoms with van der Waals surface area (Å²) in [5, 5.41) is 3.27. The molecule has 5 heteroatoms. The van der Waals surface area contributed by atoms with Crippen LogP contribution in [0, 0.1) is 16.3 Å². The van der Waals surface area contributed by atoms with Crippen LogP contribution in [0.1, 0.15) is 18.9 Å². The van der Waals surface area contributed by atoms with E-state index < -0.39 is 0 Å². The number of aryl methyl sites for hydroxylation is 1.